The molecule has 1 N–H and O–H groups in total. The first kappa shape index (κ1) is 14.7. The first-order valence-electron chi connectivity index (χ1n) is 8.12. The van der Waals surface area contributed by atoms with Gasteiger partial charge >= 0.3 is 0 Å². The highest BCUT2D eigenvalue weighted by molar-refractivity contribution is 5.98. The first-order chi connectivity index (χ1) is 11.7. The van der Waals surface area contributed by atoms with Crippen LogP contribution >= 0.6 is 0 Å². The highest BCUT2D eigenvalue weighted by Crippen LogP contribution is 2.23. The van der Waals surface area contributed by atoms with Crippen molar-refractivity contribution in [3.05, 3.63) is 64.7 Å². The van der Waals surface area contributed by atoms with Gasteiger partial charge in [0.1, 0.15) is 0 Å². The number of H-pyrrole nitrogens is 1. The smallest absolute Gasteiger partial charge is 0.266 e. The molecular formula is C18H18N4O2. The molecule has 4 rings (SSSR count). The molecule has 1 amide bonds. The third kappa shape index (κ3) is 2.60. The van der Waals surface area contributed by atoms with E-state index in [1.807, 2.05) is 35.4 Å². The molecule has 122 valence electrons. The summed E-state index contributed by atoms with van der Waals surface area (Å²) >= 11 is 0. The van der Waals surface area contributed by atoms with Gasteiger partial charge in [-0.15, -0.1) is 0 Å². The van der Waals surface area contributed by atoms with Crippen LogP contribution in [0.3, 0.4) is 0 Å². The van der Waals surface area contributed by atoms with Crippen molar-refractivity contribution in [3.8, 4) is 0 Å². The molecule has 2 aromatic heterocycles. The molecule has 3 aromatic rings. The van der Waals surface area contributed by atoms with Gasteiger partial charge in [-0.05, 0) is 43.2 Å². The number of hydrogen-bond acceptors (Lipinski definition) is 3. The van der Waals surface area contributed by atoms with E-state index in [0.717, 1.165) is 30.3 Å². The van der Waals surface area contributed by atoms with Crippen LogP contribution in [0.15, 0.2) is 53.6 Å². The molecule has 0 bridgehead atoms. The summed E-state index contributed by atoms with van der Waals surface area (Å²) in [6.07, 6.45) is 5.30. The van der Waals surface area contributed by atoms with Gasteiger partial charge in [-0.3, -0.25) is 9.59 Å². The average molecular weight is 322 g/mol. The van der Waals surface area contributed by atoms with E-state index in [-0.39, 0.29) is 17.5 Å². The van der Waals surface area contributed by atoms with Gasteiger partial charge in [0.2, 0.25) is 0 Å². The number of likely N-dealkylation sites (tertiary alicyclic amines) is 1. The molecule has 1 fully saturated rings. The lowest BCUT2D eigenvalue weighted by Gasteiger charge is -2.25. The second kappa shape index (κ2) is 5.96. The predicted molar refractivity (Wildman–Crippen MR) is 90.9 cm³/mol. The lowest BCUT2D eigenvalue weighted by molar-refractivity contribution is 0.0720. The van der Waals surface area contributed by atoms with E-state index in [1.54, 1.807) is 12.3 Å². The molecule has 0 spiro atoms. The molecule has 24 heavy (non-hydrogen) atoms. The molecular weight excluding hydrogens is 304 g/mol. The maximum Gasteiger partial charge on any atom is 0.266 e. The number of rotatable bonds is 3. The van der Waals surface area contributed by atoms with E-state index in [1.165, 1.54) is 10.7 Å². The minimum Gasteiger partial charge on any atom is -0.361 e. The number of aromatic nitrogens is 3. The van der Waals surface area contributed by atoms with Crippen molar-refractivity contribution in [2.24, 2.45) is 0 Å². The highest BCUT2D eigenvalue weighted by atomic mass is 16.2. The summed E-state index contributed by atoms with van der Waals surface area (Å²) < 4.78 is 1.44. The van der Waals surface area contributed by atoms with E-state index in [4.69, 9.17) is 0 Å². The zero-order chi connectivity index (χ0) is 16.5. The van der Waals surface area contributed by atoms with E-state index in [9.17, 15) is 9.59 Å². The first-order valence-corrected chi connectivity index (χ1v) is 8.12. The maximum absolute atomic E-state index is 12.9. The number of carbonyl (C=O) groups excluding carboxylic acids is 1. The Morgan fingerprint density at radius 3 is 3.08 bits per heavy atom. The normalized spacial score (nSPS) is 17.5. The number of aromatic amines is 1. The van der Waals surface area contributed by atoms with Crippen LogP contribution in [0.2, 0.25) is 0 Å². The Balaban J connectivity index is 1.58. The van der Waals surface area contributed by atoms with Crippen molar-refractivity contribution < 1.29 is 4.79 Å². The van der Waals surface area contributed by atoms with Crippen LogP contribution in [0.4, 0.5) is 0 Å². The van der Waals surface area contributed by atoms with Crippen LogP contribution < -0.4 is 5.56 Å². The minimum absolute atomic E-state index is 0.00650. The van der Waals surface area contributed by atoms with Crippen LogP contribution in [0.5, 0.6) is 0 Å². The third-order valence-electron chi connectivity index (χ3n) is 4.61. The van der Waals surface area contributed by atoms with Crippen molar-refractivity contribution in [1.29, 1.82) is 0 Å². The lowest BCUT2D eigenvalue weighted by Crippen LogP contribution is -2.40. The Labute approximate surface area is 138 Å². The fourth-order valence-electron chi connectivity index (χ4n) is 3.37. The second-order valence-electron chi connectivity index (χ2n) is 6.12. The minimum atomic E-state index is -0.134. The molecule has 6 nitrogen and oxygen atoms in total. The molecule has 6 heteroatoms. The van der Waals surface area contributed by atoms with Crippen molar-refractivity contribution in [2.75, 3.05) is 6.54 Å². The summed E-state index contributed by atoms with van der Waals surface area (Å²) in [4.78, 5) is 29.8. The lowest BCUT2D eigenvalue weighted by atomic mass is 10.1. The summed E-state index contributed by atoms with van der Waals surface area (Å²) in [5, 5.41) is 5.13. The molecule has 0 aliphatic carbocycles. The van der Waals surface area contributed by atoms with E-state index in [2.05, 4.69) is 10.1 Å². The van der Waals surface area contributed by atoms with Gasteiger partial charge in [-0.1, -0.05) is 0 Å². The summed E-state index contributed by atoms with van der Waals surface area (Å²) in [7, 11) is 0. The van der Waals surface area contributed by atoms with Gasteiger partial charge in [-0.2, -0.15) is 5.10 Å². The highest BCUT2D eigenvalue weighted by Gasteiger charge is 2.30. The summed E-state index contributed by atoms with van der Waals surface area (Å²) in [5.74, 6) is 0.0181. The summed E-state index contributed by atoms with van der Waals surface area (Å²) in [6.45, 7) is 1.16. The van der Waals surface area contributed by atoms with Crippen LogP contribution in [-0.4, -0.2) is 38.2 Å². The van der Waals surface area contributed by atoms with Gasteiger partial charge in [0.15, 0.2) is 0 Å². The molecule has 1 unspecified atom stereocenters. The fourth-order valence-corrected chi connectivity index (χ4v) is 3.37. The Morgan fingerprint density at radius 1 is 1.29 bits per heavy atom. The Morgan fingerprint density at radius 2 is 2.21 bits per heavy atom. The van der Waals surface area contributed by atoms with Crippen LogP contribution in [0.25, 0.3) is 10.9 Å². The number of hydrogen-bond donors (Lipinski definition) is 1. The molecule has 1 aliphatic rings. The summed E-state index contributed by atoms with van der Waals surface area (Å²) in [5.41, 5.74) is 1.57. The molecule has 1 aliphatic heterocycles. The van der Waals surface area contributed by atoms with Crippen LogP contribution in [0, 0.1) is 0 Å². The van der Waals surface area contributed by atoms with Crippen LogP contribution in [-0.2, 0) is 6.54 Å². The Bertz CT molecular complexity index is 943. The second-order valence-corrected chi connectivity index (χ2v) is 6.12. The van der Waals surface area contributed by atoms with E-state index in [0.29, 0.717) is 12.1 Å². The maximum atomic E-state index is 12.9. The van der Waals surface area contributed by atoms with Gasteiger partial charge in [0.25, 0.3) is 11.5 Å². The standard InChI is InChI=1S/C18H18N4O2/c23-17-4-1-8-20-22(17)12-15-3-2-10-21(15)18(24)14-5-6-16-13(11-14)7-9-19-16/h1,4-9,11,15,19H,2-3,10,12H2. The van der Waals surface area contributed by atoms with Crippen molar-refractivity contribution in [3.63, 3.8) is 0 Å². The predicted octanol–water partition coefficient (Wildman–Crippen LogP) is 2.03. The van der Waals surface area contributed by atoms with E-state index >= 15 is 0 Å². The molecule has 1 atom stereocenters. The number of benzene rings is 1. The van der Waals surface area contributed by atoms with Crippen molar-refractivity contribution in [1.82, 2.24) is 19.7 Å². The molecule has 1 saturated heterocycles. The average Bonchev–Trinajstić information content (AvgIpc) is 3.24. The summed E-state index contributed by atoms with van der Waals surface area (Å²) in [6, 6.07) is 10.8. The fraction of sp³-hybridized carbons (Fsp3) is 0.278. The molecule has 1 aromatic carbocycles. The Hall–Kier alpha value is -2.89. The monoisotopic (exact) mass is 322 g/mol. The number of amides is 1. The van der Waals surface area contributed by atoms with Crippen LogP contribution in [0.1, 0.15) is 23.2 Å². The molecule has 0 saturated carbocycles. The van der Waals surface area contributed by atoms with E-state index < -0.39 is 0 Å². The topological polar surface area (TPSA) is 71.0 Å². The third-order valence-corrected chi connectivity index (χ3v) is 4.61. The van der Waals surface area contributed by atoms with Gasteiger partial charge in [-0.25, -0.2) is 4.68 Å². The number of nitrogens with zero attached hydrogens (tertiary/aromatic N) is 3. The van der Waals surface area contributed by atoms with Gasteiger partial charge < -0.3 is 9.88 Å². The molecule has 3 heterocycles. The SMILES string of the molecule is O=C(c1ccc2[nH]ccc2c1)N1CCCC1Cn1ncccc1=O. The zero-order valence-electron chi connectivity index (χ0n) is 13.2. The quantitative estimate of drug-likeness (QED) is 0.802. The zero-order valence-corrected chi connectivity index (χ0v) is 13.2. The number of carbonyl (C=O) groups is 1. The van der Waals surface area contributed by atoms with Gasteiger partial charge in [0, 0.05) is 41.5 Å². The van der Waals surface area contributed by atoms with Crippen molar-refractivity contribution in [2.45, 2.75) is 25.4 Å². The largest absolute Gasteiger partial charge is 0.361 e. The molecule has 0 radical (unpaired) electrons. The number of nitrogens with one attached hydrogen (secondary N) is 1. The van der Waals surface area contributed by atoms with Gasteiger partial charge in [0.05, 0.1) is 12.6 Å². The Kier molecular flexibility index (Phi) is 3.65. The van der Waals surface area contributed by atoms with Crippen molar-refractivity contribution >= 4 is 16.8 Å². The number of fused-ring (bicyclic) bond motifs is 1.